The van der Waals surface area contributed by atoms with Crippen molar-refractivity contribution >= 4 is 34.3 Å². The van der Waals surface area contributed by atoms with Crippen molar-refractivity contribution in [3.05, 3.63) is 39.8 Å². The molecule has 0 amide bonds. The molecule has 0 unspecified atom stereocenters. The van der Waals surface area contributed by atoms with Gasteiger partial charge in [-0.3, -0.25) is 0 Å². The third kappa shape index (κ3) is 2.44. The van der Waals surface area contributed by atoms with E-state index in [9.17, 15) is 0 Å². The highest BCUT2D eigenvalue weighted by Crippen LogP contribution is 2.30. The quantitative estimate of drug-likeness (QED) is 0.910. The zero-order chi connectivity index (χ0) is 12.4. The molecule has 1 aromatic carbocycles. The van der Waals surface area contributed by atoms with Crippen LogP contribution >= 0.6 is 22.9 Å². The van der Waals surface area contributed by atoms with Crippen LogP contribution in [0.1, 0.15) is 11.3 Å². The topological polar surface area (TPSA) is 28.2 Å². The molecule has 0 radical (unpaired) electrons. The minimum atomic E-state index is 0.617. The first-order chi connectivity index (χ1) is 8.83. The molecule has 0 atom stereocenters. The van der Waals surface area contributed by atoms with E-state index in [1.54, 1.807) is 11.3 Å². The van der Waals surface area contributed by atoms with Crippen molar-refractivity contribution in [1.29, 1.82) is 0 Å². The van der Waals surface area contributed by atoms with Crippen LogP contribution in [-0.2, 0) is 6.54 Å². The number of anilines is 2. The fourth-order valence-corrected chi connectivity index (χ4v) is 3.22. The van der Waals surface area contributed by atoms with Gasteiger partial charge in [0, 0.05) is 24.2 Å². The molecule has 3 rings (SSSR count). The van der Waals surface area contributed by atoms with E-state index in [-0.39, 0.29) is 0 Å². The van der Waals surface area contributed by atoms with Crippen molar-refractivity contribution in [2.45, 2.75) is 13.0 Å². The summed E-state index contributed by atoms with van der Waals surface area (Å²) in [4.78, 5) is 7.70. The average Bonchev–Trinajstić information content (AvgIpc) is 2.68. The van der Waals surface area contributed by atoms with Crippen molar-refractivity contribution in [3.63, 3.8) is 0 Å². The van der Waals surface area contributed by atoms with Crippen LogP contribution in [0, 0.1) is 0 Å². The molecule has 0 spiro atoms. The first-order valence-electron chi connectivity index (χ1n) is 6.01. The largest absolute Gasteiger partial charge is 0.383 e. The lowest BCUT2D eigenvalue weighted by molar-refractivity contribution is 0.769. The van der Waals surface area contributed by atoms with Gasteiger partial charge < -0.3 is 10.2 Å². The van der Waals surface area contributed by atoms with E-state index >= 15 is 0 Å². The van der Waals surface area contributed by atoms with E-state index in [2.05, 4.69) is 39.5 Å². The van der Waals surface area contributed by atoms with Crippen molar-refractivity contribution in [3.8, 4) is 0 Å². The van der Waals surface area contributed by atoms with Crippen LogP contribution in [0.3, 0.4) is 0 Å². The van der Waals surface area contributed by atoms with Gasteiger partial charge in [0.05, 0.1) is 17.9 Å². The third-order valence-electron chi connectivity index (χ3n) is 3.04. The number of halogens is 1. The highest BCUT2D eigenvalue weighted by atomic mass is 35.5. The molecule has 1 aliphatic heterocycles. The van der Waals surface area contributed by atoms with Gasteiger partial charge in [-0.1, -0.05) is 23.7 Å². The Hall–Kier alpha value is -1.26. The SMILES string of the molecule is Clc1ncc(CN2CCCNc3ccccc32)s1. The predicted octanol–water partition coefficient (Wildman–Crippen LogP) is 3.62. The normalized spacial score (nSPS) is 14.8. The van der Waals surface area contributed by atoms with Crippen LogP contribution in [0.25, 0.3) is 0 Å². The number of nitrogens with zero attached hydrogens (tertiary/aromatic N) is 2. The van der Waals surface area contributed by atoms with Gasteiger partial charge in [0.2, 0.25) is 0 Å². The summed E-state index contributed by atoms with van der Waals surface area (Å²) in [7, 11) is 0. The second-order valence-electron chi connectivity index (χ2n) is 4.30. The third-order valence-corrected chi connectivity index (χ3v) is 4.14. The molecule has 3 nitrogen and oxygen atoms in total. The van der Waals surface area contributed by atoms with Gasteiger partial charge in [-0.15, -0.1) is 11.3 Å². The van der Waals surface area contributed by atoms with E-state index in [0.717, 1.165) is 26.1 Å². The number of nitrogens with one attached hydrogen (secondary N) is 1. The summed E-state index contributed by atoms with van der Waals surface area (Å²) in [5, 5.41) is 3.47. The molecule has 2 heterocycles. The highest BCUT2D eigenvalue weighted by molar-refractivity contribution is 7.15. The zero-order valence-electron chi connectivity index (χ0n) is 9.90. The van der Waals surface area contributed by atoms with E-state index < -0.39 is 0 Å². The van der Waals surface area contributed by atoms with Crippen LogP contribution in [0.2, 0.25) is 4.47 Å². The van der Waals surface area contributed by atoms with Crippen LogP contribution in [0.5, 0.6) is 0 Å². The minimum Gasteiger partial charge on any atom is -0.383 e. The van der Waals surface area contributed by atoms with Crippen LogP contribution in [-0.4, -0.2) is 18.1 Å². The number of para-hydroxylation sites is 2. The van der Waals surface area contributed by atoms with Crippen molar-refractivity contribution in [2.75, 3.05) is 23.3 Å². The van der Waals surface area contributed by atoms with Gasteiger partial charge >= 0.3 is 0 Å². The first kappa shape index (κ1) is 11.8. The number of rotatable bonds is 2. The molecule has 1 aromatic heterocycles. The fraction of sp³-hybridized carbons (Fsp3) is 0.308. The van der Waals surface area contributed by atoms with Crippen molar-refractivity contribution in [1.82, 2.24) is 4.98 Å². The maximum atomic E-state index is 5.89. The maximum Gasteiger partial charge on any atom is 0.183 e. The summed E-state index contributed by atoms with van der Waals surface area (Å²) >= 11 is 7.44. The number of benzene rings is 1. The second kappa shape index (κ2) is 5.16. The molecule has 5 heteroatoms. The molecule has 1 aliphatic rings. The molecule has 0 aliphatic carbocycles. The molecule has 0 saturated carbocycles. The highest BCUT2D eigenvalue weighted by Gasteiger charge is 2.15. The zero-order valence-corrected chi connectivity index (χ0v) is 11.5. The lowest BCUT2D eigenvalue weighted by Crippen LogP contribution is -2.22. The van der Waals surface area contributed by atoms with Gasteiger partial charge in [-0.25, -0.2) is 4.98 Å². The van der Waals surface area contributed by atoms with E-state index in [4.69, 9.17) is 11.6 Å². The summed E-state index contributed by atoms with van der Waals surface area (Å²) in [5.74, 6) is 0. The van der Waals surface area contributed by atoms with E-state index in [1.807, 2.05) is 6.20 Å². The van der Waals surface area contributed by atoms with Gasteiger partial charge in [-0.2, -0.15) is 0 Å². The Morgan fingerprint density at radius 1 is 1.39 bits per heavy atom. The monoisotopic (exact) mass is 279 g/mol. The molecular formula is C13H14ClN3S. The number of fused-ring (bicyclic) bond motifs is 1. The van der Waals surface area contributed by atoms with Crippen molar-refractivity contribution < 1.29 is 0 Å². The molecule has 1 N–H and O–H groups in total. The fourth-order valence-electron chi connectivity index (χ4n) is 2.22. The maximum absolute atomic E-state index is 5.89. The van der Waals surface area contributed by atoms with Gasteiger partial charge in [0.25, 0.3) is 0 Å². The summed E-state index contributed by atoms with van der Waals surface area (Å²) in [6, 6.07) is 8.45. The van der Waals surface area contributed by atoms with Crippen LogP contribution in [0.15, 0.2) is 30.5 Å². The summed E-state index contributed by atoms with van der Waals surface area (Å²) in [6.45, 7) is 2.96. The molecule has 0 saturated heterocycles. The average molecular weight is 280 g/mol. The Labute approximate surface area is 115 Å². The Kier molecular flexibility index (Phi) is 3.39. The lowest BCUT2D eigenvalue weighted by Gasteiger charge is -2.23. The number of hydrogen-bond acceptors (Lipinski definition) is 4. The molecule has 0 fully saturated rings. The molecule has 94 valence electrons. The first-order valence-corrected chi connectivity index (χ1v) is 7.20. The van der Waals surface area contributed by atoms with Crippen LogP contribution in [0.4, 0.5) is 11.4 Å². The Morgan fingerprint density at radius 3 is 3.11 bits per heavy atom. The number of hydrogen-bond donors (Lipinski definition) is 1. The molecule has 18 heavy (non-hydrogen) atoms. The smallest absolute Gasteiger partial charge is 0.183 e. The molecule has 2 aromatic rings. The molecular weight excluding hydrogens is 266 g/mol. The predicted molar refractivity (Wildman–Crippen MR) is 77.7 cm³/mol. The summed E-state index contributed by atoms with van der Waals surface area (Å²) in [6.07, 6.45) is 3.01. The Balaban J connectivity index is 1.87. The van der Waals surface area contributed by atoms with E-state index in [1.165, 1.54) is 16.3 Å². The van der Waals surface area contributed by atoms with Crippen molar-refractivity contribution in [2.24, 2.45) is 0 Å². The Bertz CT molecular complexity index is 541. The van der Waals surface area contributed by atoms with Crippen LogP contribution < -0.4 is 10.2 Å². The van der Waals surface area contributed by atoms with Gasteiger partial charge in [0.15, 0.2) is 4.47 Å². The summed E-state index contributed by atoms with van der Waals surface area (Å²) in [5.41, 5.74) is 2.48. The van der Waals surface area contributed by atoms with Gasteiger partial charge in [0.1, 0.15) is 0 Å². The summed E-state index contributed by atoms with van der Waals surface area (Å²) < 4.78 is 0.617. The lowest BCUT2D eigenvalue weighted by atomic mass is 10.2. The minimum absolute atomic E-state index is 0.617. The second-order valence-corrected chi connectivity index (χ2v) is 6.00. The number of thiazole rings is 1. The van der Waals surface area contributed by atoms with E-state index in [0.29, 0.717) is 4.47 Å². The standard InChI is InChI=1S/C13H14ClN3S/c14-13-16-8-10(18-13)9-17-7-3-6-15-11-4-1-2-5-12(11)17/h1-2,4-5,8,15H,3,6-7,9H2. The number of aromatic nitrogens is 1. The Morgan fingerprint density at radius 2 is 2.28 bits per heavy atom. The van der Waals surface area contributed by atoms with Gasteiger partial charge in [-0.05, 0) is 18.6 Å². The molecule has 0 bridgehead atoms.